The van der Waals surface area contributed by atoms with Crippen molar-refractivity contribution in [1.29, 1.82) is 0 Å². The molecule has 0 heterocycles. The third-order valence-corrected chi connectivity index (χ3v) is 3.30. The van der Waals surface area contributed by atoms with Crippen molar-refractivity contribution in [3.8, 4) is 0 Å². The maximum absolute atomic E-state index is 6.09. The Labute approximate surface area is 121 Å². The maximum atomic E-state index is 6.09. The van der Waals surface area contributed by atoms with E-state index in [4.69, 9.17) is 4.74 Å². The highest BCUT2D eigenvalue weighted by molar-refractivity contribution is 5.31. The van der Waals surface area contributed by atoms with Crippen LogP contribution in [0.2, 0.25) is 0 Å². The second kappa shape index (κ2) is 7.83. The Balaban J connectivity index is 2.13. The first-order valence-corrected chi connectivity index (χ1v) is 7.25. The summed E-state index contributed by atoms with van der Waals surface area (Å²) < 4.78 is 6.09. The summed E-state index contributed by atoms with van der Waals surface area (Å²) in [6, 6.07) is 19.0. The number of nitrogens with one attached hydrogen (secondary N) is 1. The van der Waals surface area contributed by atoms with Gasteiger partial charge in [-0.2, -0.15) is 0 Å². The zero-order valence-corrected chi connectivity index (χ0v) is 12.3. The average molecular weight is 269 g/mol. The maximum Gasteiger partial charge on any atom is 0.108 e. The number of aryl methyl sites for hydroxylation is 1. The van der Waals surface area contributed by atoms with Crippen molar-refractivity contribution < 1.29 is 4.74 Å². The van der Waals surface area contributed by atoms with Crippen LogP contribution < -0.4 is 5.32 Å². The Hall–Kier alpha value is -1.64. The lowest BCUT2D eigenvalue weighted by molar-refractivity contribution is 0.0824. The lowest BCUT2D eigenvalue weighted by atomic mass is 10.0. The van der Waals surface area contributed by atoms with Crippen LogP contribution in [0, 0.1) is 6.92 Å². The van der Waals surface area contributed by atoms with E-state index in [0.29, 0.717) is 6.61 Å². The number of ether oxygens (including phenoxy) is 1. The number of likely N-dealkylation sites (N-methyl/N-ethyl adjacent to an activating group) is 1. The summed E-state index contributed by atoms with van der Waals surface area (Å²) in [4.78, 5) is 0. The van der Waals surface area contributed by atoms with Crippen LogP contribution in [0.4, 0.5) is 0 Å². The van der Waals surface area contributed by atoms with Crippen LogP contribution in [-0.2, 0) is 4.74 Å². The molecule has 2 rings (SSSR count). The van der Waals surface area contributed by atoms with Crippen LogP contribution in [0.5, 0.6) is 0 Å². The van der Waals surface area contributed by atoms with E-state index in [9.17, 15) is 0 Å². The van der Waals surface area contributed by atoms with Gasteiger partial charge in [-0.3, -0.25) is 0 Å². The van der Waals surface area contributed by atoms with Gasteiger partial charge in [-0.15, -0.1) is 0 Å². The average Bonchev–Trinajstić information content (AvgIpc) is 2.50. The highest BCUT2D eigenvalue weighted by Gasteiger charge is 2.13. The van der Waals surface area contributed by atoms with Crippen LogP contribution in [0.25, 0.3) is 0 Å². The molecule has 0 spiro atoms. The zero-order chi connectivity index (χ0) is 14.2. The minimum Gasteiger partial charge on any atom is -0.367 e. The standard InChI is InChI=1S/C18H23NO/c1-3-19-13-14-20-18(16-7-5-4-6-8-16)17-11-9-15(2)10-12-17/h4-12,18-19H,3,13-14H2,1-2H3/t18-/m0/s1. The summed E-state index contributed by atoms with van der Waals surface area (Å²) in [6.07, 6.45) is 0.00968. The number of hydrogen-bond donors (Lipinski definition) is 1. The number of hydrogen-bond acceptors (Lipinski definition) is 2. The Bertz CT molecular complexity index is 493. The molecule has 2 aromatic rings. The second-order valence-electron chi connectivity index (χ2n) is 4.93. The van der Waals surface area contributed by atoms with Crippen molar-refractivity contribution in [1.82, 2.24) is 5.32 Å². The van der Waals surface area contributed by atoms with Gasteiger partial charge in [0.2, 0.25) is 0 Å². The highest BCUT2D eigenvalue weighted by atomic mass is 16.5. The SMILES string of the molecule is CCNCCO[C@@H](c1ccccc1)c1ccc(C)cc1. The van der Waals surface area contributed by atoms with E-state index >= 15 is 0 Å². The smallest absolute Gasteiger partial charge is 0.108 e. The molecule has 20 heavy (non-hydrogen) atoms. The predicted molar refractivity (Wildman–Crippen MR) is 84.0 cm³/mol. The summed E-state index contributed by atoms with van der Waals surface area (Å²) in [7, 11) is 0. The van der Waals surface area contributed by atoms with Crippen molar-refractivity contribution in [2.24, 2.45) is 0 Å². The van der Waals surface area contributed by atoms with E-state index in [1.807, 2.05) is 6.07 Å². The molecule has 2 aromatic carbocycles. The molecule has 106 valence electrons. The fraction of sp³-hybridized carbons (Fsp3) is 0.333. The Morgan fingerprint density at radius 2 is 1.60 bits per heavy atom. The van der Waals surface area contributed by atoms with Gasteiger partial charge in [0, 0.05) is 6.54 Å². The van der Waals surface area contributed by atoms with Gasteiger partial charge in [-0.05, 0) is 24.6 Å². The summed E-state index contributed by atoms with van der Waals surface area (Å²) in [5.74, 6) is 0. The minimum absolute atomic E-state index is 0.00968. The second-order valence-corrected chi connectivity index (χ2v) is 4.93. The summed E-state index contributed by atoms with van der Waals surface area (Å²) in [5, 5.41) is 3.29. The third kappa shape index (κ3) is 4.19. The van der Waals surface area contributed by atoms with Crippen LogP contribution in [0.3, 0.4) is 0 Å². The molecule has 0 aliphatic carbocycles. The van der Waals surface area contributed by atoms with E-state index in [0.717, 1.165) is 13.1 Å². The normalized spacial score (nSPS) is 12.3. The van der Waals surface area contributed by atoms with Gasteiger partial charge in [0.15, 0.2) is 0 Å². The third-order valence-electron chi connectivity index (χ3n) is 3.30. The largest absolute Gasteiger partial charge is 0.367 e. The molecule has 0 bridgehead atoms. The van der Waals surface area contributed by atoms with Crippen molar-refractivity contribution in [3.05, 3.63) is 71.3 Å². The molecule has 1 atom stereocenters. The van der Waals surface area contributed by atoms with Crippen molar-refractivity contribution >= 4 is 0 Å². The molecule has 0 amide bonds. The van der Waals surface area contributed by atoms with Crippen LogP contribution in [-0.4, -0.2) is 19.7 Å². The fourth-order valence-corrected chi connectivity index (χ4v) is 2.18. The Morgan fingerprint density at radius 1 is 0.950 bits per heavy atom. The molecule has 2 heteroatoms. The van der Waals surface area contributed by atoms with Crippen LogP contribution >= 0.6 is 0 Å². The first kappa shape index (κ1) is 14.8. The molecule has 1 N–H and O–H groups in total. The first-order chi connectivity index (χ1) is 9.81. The van der Waals surface area contributed by atoms with Gasteiger partial charge in [0.25, 0.3) is 0 Å². The van der Waals surface area contributed by atoms with Crippen molar-refractivity contribution in [2.75, 3.05) is 19.7 Å². The lowest BCUT2D eigenvalue weighted by Crippen LogP contribution is -2.20. The molecule has 0 saturated carbocycles. The zero-order valence-electron chi connectivity index (χ0n) is 12.3. The van der Waals surface area contributed by atoms with Crippen molar-refractivity contribution in [3.63, 3.8) is 0 Å². The summed E-state index contributed by atoms with van der Waals surface area (Å²) in [6.45, 7) is 6.78. The summed E-state index contributed by atoms with van der Waals surface area (Å²) >= 11 is 0. The Kier molecular flexibility index (Phi) is 5.78. The van der Waals surface area contributed by atoms with Gasteiger partial charge < -0.3 is 10.1 Å². The van der Waals surface area contributed by atoms with Crippen LogP contribution in [0.1, 0.15) is 29.7 Å². The van der Waals surface area contributed by atoms with E-state index in [2.05, 4.69) is 67.7 Å². The van der Waals surface area contributed by atoms with Crippen LogP contribution in [0.15, 0.2) is 54.6 Å². The topological polar surface area (TPSA) is 21.3 Å². The molecule has 0 aliphatic heterocycles. The first-order valence-electron chi connectivity index (χ1n) is 7.25. The lowest BCUT2D eigenvalue weighted by Gasteiger charge is -2.19. The predicted octanol–water partition coefficient (Wildman–Crippen LogP) is 3.71. The van der Waals surface area contributed by atoms with Crippen molar-refractivity contribution in [2.45, 2.75) is 20.0 Å². The molecular formula is C18H23NO. The highest BCUT2D eigenvalue weighted by Crippen LogP contribution is 2.25. The molecule has 0 aliphatic rings. The molecule has 0 fully saturated rings. The van der Waals surface area contributed by atoms with Gasteiger partial charge in [0.1, 0.15) is 6.10 Å². The van der Waals surface area contributed by atoms with E-state index in [1.54, 1.807) is 0 Å². The number of rotatable bonds is 7. The van der Waals surface area contributed by atoms with Gasteiger partial charge in [0.05, 0.1) is 6.61 Å². The molecule has 0 saturated heterocycles. The molecule has 0 radical (unpaired) electrons. The molecule has 2 nitrogen and oxygen atoms in total. The minimum atomic E-state index is 0.00968. The monoisotopic (exact) mass is 269 g/mol. The summed E-state index contributed by atoms with van der Waals surface area (Å²) in [5.41, 5.74) is 3.68. The van der Waals surface area contributed by atoms with Gasteiger partial charge >= 0.3 is 0 Å². The quantitative estimate of drug-likeness (QED) is 0.774. The Morgan fingerprint density at radius 3 is 2.25 bits per heavy atom. The van der Waals surface area contributed by atoms with E-state index in [1.165, 1.54) is 16.7 Å². The van der Waals surface area contributed by atoms with Gasteiger partial charge in [-0.25, -0.2) is 0 Å². The fourth-order valence-electron chi connectivity index (χ4n) is 2.18. The number of benzene rings is 2. The van der Waals surface area contributed by atoms with E-state index < -0.39 is 0 Å². The molecule has 0 aromatic heterocycles. The van der Waals surface area contributed by atoms with E-state index in [-0.39, 0.29) is 6.10 Å². The molecule has 0 unspecified atom stereocenters. The molecular weight excluding hydrogens is 246 g/mol. The van der Waals surface area contributed by atoms with Gasteiger partial charge in [-0.1, -0.05) is 67.1 Å².